The van der Waals surface area contributed by atoms with Gasteiger partial charge in [0.05, 0.1) is 5.71 Å². The van der Waals surface area contributed by atoms with Gasteiger partial charge in [0.2, 0.25) is 0 Å². The topological polar surface area (TPSA) is 52.8 Å². The van der Waals surface area contributed by atoms with Gasteiger partial charge < -0.3 is 10.3 Å². The van der Waals surface area contributed by atoms with Crippen molar-refractivity contribution >= 4 is 5.71 Å². The predicted molar refractivity (Wildman–Crippen MR) is 82.0 cm³/mol. The number of hydrogen-bond acceptors (Lipinski definition) is 3. The zero-order valence-corrected chi connectivity index (χ0v) is 13.1. The molecule has 114 valence electrons. The molecule has 0 aromatic rings. The number of rotatable bonds is 12. The molecule has 0 aliphatic carbocycles. The van der Waals surface area contributed by atoms with Crippen LogP contribution in [0.1, 0.15) is 91.4 Å². The number of hydrogen-bond donors (Lipinski definition) is 2. The molecule has 0 spiro atoms. The Hall–Kier alpha value is -0.570. The minimum atomic E-state index is -0.907. The normalized spacial score (nSPS) is 12.9. The molecule has 0 amide bonds. The second kappa shape index (κ2) is 11.3. The Morgan fingerprint density at radius 3 is 1.74 bits per heavy atom. The lowest BCUT2D eigenvalue weighted by Gasteiger charge is -2.26. The summed E-state index contributed by atoms with van der Waals surface area (Å²) >= 11 is 0. The van der Waals surface area contributed by atoms with E-state index in [4.69, 9.17) is 5.21 Å². The summed E-state index contributed by atoms with van der Waals surface area (Å²) < 4.78 is 0. The van der Waals surface area contributed by atoms with E-state index in [1.807, 2.05) is 13.8 Å². The third-order valence-corrected chi connectivity index (χ3v) is 4.09. The van der Waals surface area contributed by atoms with E-state index in [1.54, 1.807) is 0 Å². The zero-order chi connectivity index (χ0) is 14.6. The largest absolute Gasteiger partial charge is 0.411 e. The highest BCUT2D eigenvalue weighted by Crippen LogP contribution is 2.21. The average Bonchev–Trinajstić information content (AvgIpc) is 2.45. The van der Waals surface area contributed by atoms with Crippen molar-refractivity contribution in [1.82, 2.24) is 0 Å². The lowest BCUT2D eigenvalue weighted by atomic mass is 9.88. The summed E-state index contributed by atoms with van der Waals surface area (Å²) in [5.74, 6) is 0. The van der Waals surface area contributed by atoms with Gasteiger partial charge in [-0.05, 0) is 25.7 Å². The molecular formula is C16H33NO2. The second-order valence-corrected chi connectivity index (χ2v) is 5.51. The molecule has 2 N–H and O–H groups in total. The fraction of sp³-hybridized carbons (Fsp3) is 0.938. The van der Waals surface area contributed by atoms with Crippen LogP contribution in [0.2, 0.25) is 0 Å². The van der Waals surface area contributed by atoms with Gasteiger partial charge in [0.15, 0.2) is 0 Å². The molecule has 0 aliphatic rings. The molecule has 0 saturated carbocycles. The summed E-state index contributed by atoms with van der Waals surface area (Å²) in [6.07, 6.45) is 12.0. The second-order valence-electron chi connectivity index (χ2n) is 5.51. The van der Waals surface area contributed by atoms with Gasteiger partial charge in [-0.2, -0.15) is 0 Å². The van der Waals surface area contributed by atoms with E-state index >= 15 is 0 Å². The van der Waals surface area contributed by atoms with Crippen LogP contribution in [-0.2, 0) is 0 Å². The van der Waals surface area contributed by atoms with E-state index in [0.29, 0.717) is 25.0 Å². The average molecular weight is 271 g/mol. The van der Waals surface area contributed by atoms with Gasteiger partial charge in [-0.25, -0.2) is 0 Å². The van der Waals surface area contributed by atoms with Crippen LogP contribution >= 0.6 is 0 Å². The Morgan fingerprint density at radius 2 is 1.32 bits per heavy atom. The molecule has 3 heteroatoms. The fourth-order valence-corrected chi connectivity index (χ4v) is 2.46. The van der Waals surface area contributed by atoms with Gasteiger partial charge in [0.25, 0.3) is 0 Å². The van der Waals surface area contributed by atoms with Crippen molar-refractivity contribution in [2.75, 3.05) is 0 Å². The molecule has 0 atom stereocenters. The van der Waals surface area contributed by atoms with Crippen LogP contribution in [0.5, 0.6) is 0 Å². The van der Waals surface area contributed by atoms with Crippen LogP contribution in [0, 0.1) is 0 Å². The van der Waals surface area contributed by atoms with Crippen molar-refractivity contribution in [3.63, 3.8) is 0 Å². The van der Waals surface area contributed by atoms with Crippen LogP contribution in [0.15, 0.2) is 5.16 Å². The predicted octanol–water partition coefficient (Wildman–Crippen LogP) is 4.90. The molecule has 0 radical (unpaired) electrons. The smallest absolute Gasteiger partial charge is 0.105 e. The number of aliphatic hydroxyl groups is 1. The van der Waals surface area contributed by atoms with Crippen LogP contribution in [0.3, 0.4) is 0 Å². The molecule has 19 heavy (non-hydrogen) atoms. The monoisotopic (exact) mass is 271 g/mol. The molecule has 0 heterocycles. The molecule has 0 unspecified atom stereocenters. The maximum Gasteiger partial charge on any atom is 0.105 e. The van der Waals surface area contributed by atoms with E-state index in [9.17, 15) is 5.11 Å². The van der Waals surface area contributed by atoms with Gasteiger partial charge in [-0.1, -0.05) is 70.9 Å². The zero-order valence-electron chi connectivity index (χ0n) is 13.1. The first-order chi connectivity index (χ1) is 9.14. The van der Waals surface area contributed by atoms with Crippen molar-refractivity contribution in [1.29, 1.82) is 0 Å². The van der Waals surface area contributed by atoms with E-state index < -0.39 is 5.60 Å². The Kier molecular flexibility index (Phi) is 10.9. The standard InChI is InChI=1S/C16H33NO2/c1-4-7-8-9-10-11-12-13-14-15(17-19)16(18,5-2)6-3/h18-19H,4-14H2,1-3H3. The SMILES string of the molecule is CCCCCCCCCCC(=NO)C(O)(CC)CC. The van der Waals surface area contributed by atoms with E-state index in [1.165, 1.54) is 38.5 Å². The maximum atomic E-state index is 10.3. The van der Waals surface area contributed by atoms with Crippen molar-refractivity contribution < 1.29 is 10.3 Å². The van der Waals surface area contributed by atoms with Gasteiger partial charge in [0.1, 0.15) is 5.60 Å². The first-order valence-corrected chi connectivity index (χ1v) is 8.08. The van der Waals surface area contributed by atoms with Gasteiger partial charge >= 0.3 is 0 Å². The summed E-state index contributed by atoms with van der Waals surface area (Å²) in [6, 6.07) is 0. The fourth-order valence-electron chi connectivity index (χ4n) is 2.46. The minimum Gasteiger partial charge on any atom is -0.411 e. The first kappa shape index (κ1) is 18.4. The van der Waals surface area contributed by atoms with Gasteiger partial charge in [-0.3, -0.25) is 0 Å². The summed E-state index contributed by atoms with van der Waals surface area (Å²) in [5.41, 5.74) is -0.348. The lowest BCUT2D eigenvalue weighted by Crippen LogP contribution is -2.37. The quantitative estimate of drug-likeness (QED) is 0.229. The molecule has 0 aromatic carbocycles. The summed E-state index contributed by atoms with van der Waals surface area (Å²) in [6.45, 7) is 6.10. The Balaban J connectivity index is 3.74. The third kappa shape index (κ3) is 7.56. The van der Waals surface area contributed by atoms with E-state index in [2.05, 4.69) is 12.1 Å². The maximum absolute atomic E-state index is 10.3. The molecule has 0 aromatic heterocycles. The molecule has 3 nitrogen and oxygen atoms in total. The first-order valence-electron chi connectivity index (χ1n) is 8.08. The van der Waals surface area contributed by atoms with Crippen molar-refractivity contribution in [3.05, 3.63) is 0 Å². The summed E-state index contributed by atoms with van der Waals surface area (Å²) in [4.78, 5) is 0. The molecule has 0 aliphatic heterocycles. The Labute approximate surface area is 119 Å². The van der Waals surface area contributed by atoms with Gasteiger partial charge in [-0.15, -0.1) is 0 Å². The minimum absolute atomic E-state index is 0.559. The highest BCUT2D eigenvalue weighted by atomic mass is 16.4. The number of oxime groups is 1. The van der Waals surface area contributed by atoms with E-state index in [-0.39, 0.29) is 0 Å². The summed E-state index contributed by atoms with van der Waals surface area (Å²) in [7, 11) is 0. The van der Waals surface area contributed by atoms with Crippen LogP contribution in [-0.4, -0.2) is 21.6 Å². The van der Waals surface area contributed by atoms with Crippen LogP contribution < -0.4 is 0 Å². The lowest BCUT2D eigenvalue weighted by molar-refractivity contribution is 0.0963. The number of unbranched alkanes of at least 4 members (excludes halogenated alkanes) is 7. The highest BCUT2D eigenvalue weighted by molar-refractivity contribution is 5.91. The molecular weight excluding hydrogens is 238 g/mol. The van der Waals surface area contributed by atoms with Crippen molar-refractivity contribution in [2.45, 2.75) is 97.0 Å². The number of nitrogens with zero attached hydrogens (tertiary/aromatic N) is 1. The molecule has 0 bridgehead atoms. The van der Waals surface area contributed by atoms with Crippen LogP contribution in [0.4, 0.5) is 0 Å². The molecule has 0 fully saturated rings. The van der Waals surface area contributed by atoms with Gasteiger partial charge in [0, 0.05) is 0 Å². The van der Waals surface area contributed by atoms with Crippen molar-refractivity contribution in [2.24, 2.45) is 5.16 Å². The Morgan fingerprint density at radius 1 is 0.842 bits per heavy atom. The molecule has 0 saturated heterocycles. The third-order valence-electron chi connectivity index (χ3n) is 4.09. The highest BCUT2D eigenvalue weighted by Gasteiger charge is 2.29. The van der Waals surface area contributed by atoms with E-state index in [0.717, 1.165) is 12.8 Å². The van der Waals surface area contributed by atoms with Crippen LogP contribution in [0.25, 0.3) is 0 Å². The summed E-state index contributed by atoms with van der Waals surface area (Å²) in [5, 5.41) is 22.7. The van der Waals surface area contributed by atoms with Crippen molar-refractivity contribution in [3.8, 4) is 0 Å². The Bertz CT molecular complexity index is 235. The molecule has 0 rings (SSSR count).